The van der Waals surface area contributed by atoms with Gasteiger partial charge in [0.05, 0.1) is 12.1 Å². The molecule has 0 unspecified atom stereocenters. The number of fused-ring (bicyclic) bond motifs is 1. The van der Waals surface area contributed by atoms with E-state index in [9.17, 15) is 4.79 Å². The van der Waals surface area contributed by atoms with Gasteiger partial charge in [-0.1, -0.05) is 53.6 Å². The standard InChI is InChI=1S/C31H27N5O4/c1-5-26-18(2)27-14-13-25(38-24-8-6-7-23(15-24)30-33-20(4)40-35-30)16-28(27)36(31(26)37)17-21-9-11-22(12-10-21)29-32-19(3)39-34-29/h6-16H,5,17H2,1-4H3. The van der Waals surface area contributed by atoms with Gasteiger partial charge in [0.1, 0.15) is 11.5 Å². The molecule has 0 radical (unpaired) electrons. The van der Waals surface area contributed by atoms with E-state index in [0.717, 1.165) is 38.7 Å². The molecule has 3 aromatic heterocycles. The van der Waals surface area contributed by atoms with Crippen LogP contribution in [0.2, 0.25) is 0 Å². The molecule has 0 saturated heterocycles. The lowest BCUT2D eigenvalue weighted by Crippen LogP contribution is -2.26. The Bertz CT molecular complexity index is 1900. The molecule has 0 N–H and O–H groups in total. The minimum Gasteiger partial charge on any atom is -0.457 e. The van der Waals surface area contributed by atoms with Gasteiger partial charge in [-0.05, 0) is 48.7 Å². The fourth-order valence-corrected chi connectivity index (χ4v) is 4.89. The lowest BCUT2D eigenvalue weighted by molar-refractivity contribution is 0.394. The molecule has 0 atom stereocenters. The highest BCUT2D eigenvalue weighted by molar-refractivity contribution is 5.85. The number of aryl methyl sites for hydroxylation is 3. The summed E-state index contributed by atoms with van der Waals surface area (Å²) in [5, 5.41) is 9.00. The van der Waals surface area contributed by atoms with Crippen molar-refractivity contribution in [2.24, 2.45) is 0 Å². The summed E-state index contributed by atoms with van der Waals surface area (Å²) < 4.78 is 18.3. The molecule has 6 aromatic rings. The van der Waals surface area contributed by atoms with Crippen molar-refractivity contribution in [1.82, 2.24) is 24.8 Å². The number of aromatic nitrogens is 5. The number of benzene rings is 3. The van der Waals surface area contributed by atoms with Crippen LogP contribution in [0.1, 0.15) is 35.4 Å². The van der Waals surface area contributed by atoms with Gasteiger partial charge < -0.3 is 18.4 Å². The molecule has 0 aliphatic heterocycles. The molecule has 0 saturated carbocycles. The number of rotatable bonds is 7. The van der Waals surface area contributed by atoms with E-state index in [1.54, 1.807) is 13.8 Å². The first-order valence-corrected chi connectivity index (χ1v) is 13.0. The third kappa shape index (κ3) is 4.77. The van der Waals surface area contributed by atoms with Gasteiger partial charge >= 0.3 is 0 Å². The molecule has 6 rings (SSSR count). The predicted octanol–water partition coefficient (Wildman–Crippen LogP) is 6.43. The average molecular weight is 534 g/mol. The van der Waals surface area contributed by atoms with Crippen LogP contribution in [0.4, 0.5) is 0 Å². The minimum absolute atomic E-state index is 0.00278. The largest absolute Gasteiger partial charge is 0.457 e. The van der Waals surface area contributed by atoms with E-state index in [2.05, 4.69) is 20.3 Å². The monoisotopic (exact) mass is 533 g/mol. The highest BCUT2D eigenvalue weighted by Gasteiger charge is 2.15. The Kier molecular flexibility index (Phi) is 6.47. The predicted molar refractivity (Wildman–Crippen MR) is 150 cm³/mol. The molecular weight excluding hydrogens is 506 g/mol. The first-order valence-electron chi connectivity index (χ1n) is 13.0. The quantitative estimate of drug-likeness (QED) is 0.231. The van der Waals surface area contributed by atoms with E-state index in [-0.39, 0.29) is 5.56 Å². The van der Waals surface area contributed by atoms with E-state index < -0.39 is 0 Å². The van der Waals surface area contributed by atoms with E-state index in [0.29, 0.717) is 47.9 Å². The van der Waals surface area contributed by atoms with Gasteiger partial charge in [0.2, 0.25) is 23.4 Å². The number of nitrogens with zero attached hydrogens (tertiary/aromatic N) is 5. The fourth-order valence-electron chi connectivity index (χ4n) is 4.89. The first kappa shape index (κ1) is 25.2. The van der Waals surface area contributed by atoms with Crippen LogP contribution in [0.5, 0.6) is 11.5 Å². The number of ether oxygens (including phenoxy) is 1. The van der Waals surface area contributed by atoms with Crippen LogP contribution < -0.4 is 10.3 Å². The van der Waals surface area contributed by atoms with Gasteiger partial charge in [0, 0.05) is 42.0 Å². The van der Waals surface area contributed by atoms with Crippen LogP contribution in [-0.2, 0) is 13.0 Å². The summed E-state index contributed by atoms with van der Waals surface area (Å²) in [4.78, 5) is 22.3. The molecule has 40 heavy (non-hydrogen) atoms. The van der Waals surface area contributed by atoms with Crippen LogP contribution in [0.15, 0.2) is 80.6 Å². The molecule has 0 bridgehead atoms. The van der Waals surface area contributed by atoms with Crippen LogP contribution in [0.3, 0.4) is 0 Å². The van der Waals surface area contributed by atoms with Crippen molar-refractivity contribution in [3.63, 3.8) is 0 Å². The van der Waals surface area contributed by atoms with Crippen molar-refractivity contribution in [3.05, 3.63) is 106 Å². The minimum atomic E-state index is -0.00278. The van der Waals surface area contributed by atoms with Gasteiger partial charge in [-0.15, -0.1) is 0 Å². The smallest absolute Gasteiger partial charge is 0.254 e. The van der Waals surface area contributed by atoms with Crippen molar-refractivity contribution >= 4 is 10.9 Å². The zero-order chi connectivity index (χ0) is 27.8. The van der Waals surface area contributed by atoms with Gasteiger partial charge in [0.15, 0.2) is 0 Å². The lowest BCUT2D eigenvalue weighted by Gasteiger charge is -2.17. The number of hydrogen-bond acceptors (Lipinski definition) is 8. The highest BCUT2D eigenvalue weighted by atomic mass is 16.5. The molecule has 0 amide bonds. The van der Waals surface area contributed by atoms with Crippen molar-refractivity contribution < 1.29 is 13.8 Å². The molecule has 9 heteroatoms. The summed E-state index contributed by atoms with van der Waals surface area (Å²) >= 11 is 0. The number of pyridine rings is 1. The molecule has 0 fully saturated rings. The summed E-state index contributed by atoms with van der Waals surface area (Å²) in [5.74, 6) is 3.29. The average Bonchev–Trinajstić information content (AvgIpc) is 3.60. The third-order valence-electron chi connectivity index (χ3n) is 6.91. The van der Waals surface area contributed by atoms with Crippen LogP contribution in [0.25, 0.3) is 33.7 Å². The summed E-state index contributed by atoms with van der Waals surface area (Å²) in [6, 6.07) is 21.2. The van der Waals surface area contributed by atoms with E-state index >= 15 is 0 Å². The van der Waals surface area contributed by atoms with Gasteiger partial charge in [-0.2, -0.15) is 9.97 Å². The van der Waals surface area contributed by atoms with Crippen molar-refractivity contribution in [2.45, 2.75) is 40.7 Å². The van der Waals surface area contributed by atoms with Gasteiger partial charge in [0.25, 0.3) is 5.56 Å². The third-order valence-corrected chi connectivity index (χ3v) is 6.91. The Hall–Kier alpha value is -5.05. The summed E-state index contributed by atoms with van der Waals surface area (Å²) in [5.41, 5.74) is 5.22. The van der Waals surface area contributed by atoms with Gasteiger partial charge in [-0.3, -0.25) is 4.79 Å². The SMILES string of the molecule is CCc1c(C)c2ccc(Oc3cccc(-c4noc(C)n4)c3)cc2n(Cc2ccc(-c3noc(C)n3)cc2)c1=O. The maximum Gasteiger partial charge on any atom is 0.254 e. The maximum atomic E-state index is 13.7. The van der Waals surface area contributed by atoms with Crippen LogP contribution in [-0.4, -0.2) is 24.8 Å². The second-order valence-electron chi connectivity index (χ2n) is 9.63. The Morgan fingerprint density at radius 1 is 0.800 bits per heavy atom. The summed E-state index contributed by atoms with van der Waals surface area (Å²) in [6.45, 7) is 7.93. The second kappa shape index (κ2) is 10.3. The Morgan fingerprint density at radius 3 is 2.12 bits per heavy atom. The van der Waals surface area contributed by atoms with Crippen molar-refractivity contribution in [1.29, 1.82) is 0 Å². The Morgan fingerprint density at radius 2 is 1.48 bits per heavy atom. The maximum absolute atomic E-state index is 13.7. The summed E-state index contributed by atoms with van der Waals surface area (Å²) in [7, 11) is 0. The highest BCUT2D eigenvalue weighted by Crippen LogP contribution is 2.30. The lowest BCUT2D eigenvalue weighted by atomic mass is 10.0. The molecule has 0 spiro atoms. The summed E-state index contributed by atoms with van der Waals surface area (Å²) in [6.07, 6.45) is 0.650. The van der Waals surface area contributed by atoms with Crippen LogP contribution >= 0.6 is 0 Å². The molecule has 9 nitrogen and oxygen atoms in total. The fraction of sp³-hybridized carbons (Fsp3) is 0.194. The second-order valence-corrected chi connectivity index (χ2v) is 9.63. The normalized spacial score (nSPS) is 11.3. The molecular formula is C31H27N5O4. The zero-order valence-electron chi connectivity index (χ0n) is 22.6. The van der Waals surface area contributed by atoms with Crippen molar-refractivity contribution in [2.75, 3.05) is 0 Å². The molecule has 0 aliphatic rings. The zero-order valence-corrected chi connectivity index (χ0v) is 22.6. The molecule has 0 aliphatic carbocycles. The van der Waals surface area contributed by atoms with Crippen molar-refractivity contribution in [3.8, 4) is 34.3 Å². The first-order chi connectivity index (χ1) is 19.4. The van der Waals surface area contributed by atoms with E-state index in [1.807, 2.05) is 85.1 Å². The van der Waals surface area contributed by atoms with Crippen LogP contribution in [0, 0.1) is 20.8 Å². The molecule has 3 aromatic carbocycles. The van der Waals surface area contributed by atoms with E-state index in [1.165, 1.54) is 0 Å². The topological polar surface area (TPSA) is 109 Å². The Balaban J connectivity index is 1.37. The number of hydrogen-bond donors (Lipinski definition) is 0. The molecule has 200 valence electrons. The van der Waals surface area contributed by atoms with E-state index in [4.69, 9.17) is 13.8 Å². The van der Waals surface area contributed by atoms with Gasteiger partial charge in [-0.25, -0.2) is 0 Å². The molecule has 3 heterocycles. The Labute approximate surface area is 230 Å².